The molecule has 0 spiro atoms. The van der Waals surface area contributed by atoms with Crippen molar-refractivity contribution in [2.24, 2.45) is 4.99 Å². The summed E-state index contributed by atoms with van der Waals surface area (Å²) in [5.41, 5.74) is 0. The molecule has 0 fully saturated rings. The van der Waals surface area contributed by atoms with Crippen molar-refractivity contribution in [3.8, 4) is 0 Å². The van der Waals surface area contributed by atoms with Crippen molar-refractivity contribution < 1.29 is 9.90 Å². The highest BCUT2D eigenvalue weighted by molar-refractivity contribution is 5.91. The van der Waals surface area contributed by atoms with Crippen molar-refractivity contribution in [2.75, 3.05) is 19.6 Å². The van der Waals surface area contributed by atoms with Gasteiger partial charge in [0.2, 0.25) is 0 Å². The molecule has 41 heavy (non-hydrogen) atoms. The van der Waals surface area contributed by atoms with E-state index in [-0.39, 0.29) is 5.78 Å². The van der Waals surface area contributed by atoms with Gasteiger partial charge in [0.1, 0.15) is 6.10 Å². The lowest BCUT2D eigenvalue weighted by molar-refractivity contribution is -0.127. The summed E-state index contributed by atoms with van der Waals surface area (Å²) in [6.45, 7) is 6.55. The number of ketones is 1. The van der Waals surface area contributed by atoms with Crippen LogP contribution in [0.15, 0.2) is 4.99 Å². The summed E-state index contributed by atoms with van der Waals surface area (Å²) in [5, 5.41) is 10.4. The van der Waals surface area contributed by atoms with Gasteiger partial charge in [0.05, 0.1) is 18.9 Å². The Balaban J connectivity index is 1.94. The van der Waals surface area contributed by atoms with Crippen LogP contribution in [0.5, 0.6) is 0 Å². The number of amidine groups is 1. The molecule has 0 aromatic carbocycles. The molecule has 1 aliphatic heterocycles. The van der Waals surface area contributed by atoms with Gasteiger partial charge in [-0.05, 0) is 12.8 Å². The van der Waals surface area contributed by atoms with E-state index in [9.17, 15) is 9.90 Å². The summed E-state index contributed by atoms with van der Waals surface area (Å²) in [6, 6.07) is 0. The summed E-state index contributed by atoms with van der Waals surface area (Å²) in [6.07, 6.45) is 37.1. The van der Waals surface area contributed by atoms with E-state index in [0.29, 0.717) is 13.0 Å². The Labute approximate surface area is 256 Å². The smallest absolute Gasteiger partial charge is 0.180 e. The molecule has 0 bridgehead atoms. The summed E-state index contributed by atoms with van der Waals surface area (Å²) in [4.78, 5) is 19.5. The minimum atomic E-state index is -0.800. The molecule has 0 radical (unpaired) electrons. The zero-order valence-corrected chi connectivity index (χ0v) is 28.0. The lowest BCUT2D eigenvalue weighted by atomic mass is 10.0. The van der Waals surface area contributed by atoms with Gasteiger partial charge in [0, 0.05) is 13.0 Å². The van der Waals surface area contributed by atoms with E-state index in [1.165, 1.54) is 161 Å². The van der Waals surface area contributed by atoms with Gasteiger partial charge in [0.15, 0.2) is 5.78 Å². The van der Waals surface area contributed by atoms with Crippen LogP contribution >= 0.6 is 0 Å². The van der Waals surface area contributed by atoms with E-state index in [1.54, 1.807) is 0 Å². The first-order valence-electron chi connectivity index (χ1n) is 18.7. The molecule has 0 saturated heterocycles. The van der Waals surface area contributed by atoms with Gasteiger partial charge in [-0.1, -0.05) is 181 Å². The average molecular weight is 577 g/mol. The van der Waals surface area contributed by atoms with Crippen molar-refractivity contribution in [2.45, 2.75) is 206 Å². The first-order valence-corrected chi connectivity index (χ1v) is 18.7. The van der Waals surface area contributed by atoms with Crippen LogP contribution in [-0.2, 0) is 4.79 Å². The highest BCUT2D eigenvalue weighted by Crippen LogP contribution is 2.16. The van der Waals surface area contributed by atoms with Gasteiger partial charge in [-0.2, -0.15) is 0 Å². The van der Waals surface area contributed by atoms with Crippen molar-refractivity contribution >= 4 is 11.6 Å². The number of aliphatic hydroxyl groups excluding tert-OH is 1. The van der Waals surface area contributed by atoms with Crippen molar-refractivity contribution in [1.29, 1.82) is 0 Å². The lowest BCUT2D eigenvalue weighted by Gasteiger charge is -2.21. The fraction of sp³-hybridized carbons (Fsp3) is 0.946. The standard InChI is InChI=1S/C37H72N2O2/c1-3-5-7-9-11-13-15-17-18-19-20-22-24-26-28-30-35(40)36(41)34-39-33-32-38-37(39)31-29-27-25-23-21-16-14-12-10-8-6-4-2/h35,40H,3-34H2,1-2H3. The fourth-order valence-corrected chi connectivity index (χ4v) is 6.22. The van der Waals surface area contributed by atoms with Crippen molar-refractivity contribution in [1.82, 2.24) is 4.90 Å². The third-order valence-electron chi connectivity index (χ3n) is 9.08. The Morgan fingerprint density at radius 2 is 0.976 bits per heavy atom. The third kappa shape index (κ3) is 23.3. The highest BCUT2D eigenvalue weighted by atomic mass is 16.3. The summed E-state index contributed by atoms with van der Waals surface area (Å²) < 4.78 is 0. The van der Waals surface area contributed by atoms with E-state index in [0.717, 1.165) is 38.2 Å². The lowest BCUT2D eigenvalue weighted by Crippen LogP contribution is -2.37. The molecule has 1 N–H and O–H groups in total. The quantitative estimate of drug-likeness (QED) is 0.0810. The molecule has 1 aliphatic rings. The molecule has 1 unspecified atom stereocenters. The molecule has 242 valence electrons. The van der Waals surface area contributed by atoms with Crippen LogP contribution in [0.2, 0.25) is 0 Å². The van der Waals surface area contributed by atoms with Gasteiger partial charge < -0.3 is 10.0 Å². The second-order valence-electron chi connectivity index (χ2n) is 13.1. The number of rotatable bonds is 32. The second-order valence-corrected chi connectivity index (χ2v) is 13.1. The molecule has 0 aromatic heterocycles. The maximum Gasteiger partial charge on any atom is 0.180 e. The van der Waals surface area contributed by atoms with Crippen LogP contribution in [-0.4, -0.2) is 47.4 Å². The predicted octanol–water partition coefficient (Wildman–Crippen LogP) is 11.0. The second kappa shape index (κ2) is 29.2. The van der Waals surface area contributed by atoms with E-state index in [2.05, 4.69) is 23.7 Å². The molecule has 4 nitrogen and oxygen atoms in total. The number of aliphatic imine (C=N–C) groups is 1. The van der Waals surface area contributed by atoms with Gasteiger partial charge in [-0.25, -0.2) is 0 Å². The van der Waals surface area contributed by atoms with E-state index < -0.39 is 6.10 Å². The predicted molar refractivity (Wildman–Crippen MR) is 180 cm³/mol. The van der Waals surface area contributed by atoms with Crippen LogP contribution in [0.1, 0.15) is 200 Å². The number of nitrogens with zero attached hydrogens (tertiary/aromatic N) is 2. The zero-order valence-electron chi connectivity index (χ0n) is 28.0. The fourth-order valence-electron chi connectivity index (χ4n) is 6.22. The molecular formula is C37H72N2O2. The summed E-state index contributed by atoms with van der Waals surface area (Å²) in [5.74, 6) is 1.09. The number of unbranched alkanes of at least 4 members (excludes halogenated alkanes) is 25. The van der Waals surface area contributed by atoms with Crippen LogP contribution in [0, 0.1) is 0 Å². The largest absolute Gasteiger partial charge is 0.385 e. The zero-order chi connectivity index (χ0) is 29.6. The number of aliphatic hydroxyl groups is 1. The summed E-state index contributed by atoms with van der Waals surface area (Å²) in [7, 11) is 0. The van der Waals surface area contributed by atoms with Gasteiger partial charge in [-0.3, -0.25) is 9.79 Å². The highest BCUT2D eigenvalue weighted by Gasteiger charge is 2.23. The van der Waals surface area contributed by atoms with E-state index >= 15 is 0 Å². The normalized spacial score (nSPS) is 14.1. The molecule has 1 rings (SSSR count). The monoisotopic (exact) mass is 577 g/mol. The van der Waals surface area contributed by atoms with Crippen LogP contribution in [0.25, 0.3) is 0 Å². The van der Waals surface area contributed by atoms with Crippen molar-refractivity contribution in [3.05, 3.63) is 0 Å². The van der Waals surface area contributed by atoms with Crippen LogP contribution in [0.3, 0.4) is 0 Å². The average Bonchev–Trinajstić information content (AvgIpc) is 3.42. The number of hydrogen-bond acceptors (Lipinski definition) is 4. The minimum absolute atomic E-state index is 0.0142. The molecule has 0 aromatic rings. The van der Waals surface area contributed by atoms with Crippen LogP contribution < -0.4 is 0 Å². The Morgan fingerprint density at radius 1 is 0.610 bits per heavy atom. The molecule has 0 saturated carbocycles. The Kier molecular flexibility index (Phi) is 27.1. The van der Waals surface area contributed by atoms with Gasteiger partial charge in [0.25, 0.3) is 0 Å². The Morgan fingerprint density at radius 3 is 1.39 bits per heavy atom. The van der Waals surface area contributed by atoms with E-state index in [4.69, 9.17) is 0 Å². The van der Waals surface area contributed by atoms with Crippen LogP contribution in [0.4, 0.5) is 0 Å². The number of hydrogen-bond donors (Lipinski definition) is 1. The molecule has 0 aliphatic carbocycles. The topological polar surface area (TPSA) is 52.9 Å². The number of carbonyl (C=O) groups is 1. The molecule has 1 heterocycles. The number of Topliss-reactive ketones (excluding diaryl/α,β-unsaturated/α-hetero) is 1. The minimum Gasteiger partial charge on any atom is -0.385 e. The molecule has 1 atom stereocenters. The summed E-state index contributed by atoms with van der Waals surface area (Å²) >= 11 is 0. The first-order chi connectivity index (χ1) is 20.2. The SMILES string of the molecule is CCCCCCCCCCCCCCCCCC(O)C(=O)CN1CCN=C1CCCCCCCCCCCCCC. The van der Waals surface area contributed by atoms with Gasteiger partial charge in [-0.15, -0.1) is 0 Å². The third-order valence-corrected chi connectivity index (χ3v) is 9.08. The maximum atomic E-state index is 12.7. The first kappa shape index (κ1) is 38.1. The van der Waals surface area contributed by atoms with Gasteiger partial charge >= 0.3 is 0 Å². The Hall–Kier alpha value is -0.900. The van der Waals surface area contributed by atoms with E-state index in [1.807, 2.05) is 0 Å². The maximum absolute atomic E-state index is 12.7. The number of carbonyl (C=O) groups excluding carboxylic acids is 1. The Bertz CT molecular complexity index is 606. The molecule has 4 heteroatoms. The molecule has 0 amide bonds. The van der Waals surface area contributed by atoms with Crippen molar-refractivity contribution in [3.63, 3.8) is 0 Å². The molecular weight excluding hydrogens is 504 g/mol.